The molecule has 1 saturated carbocycles. The van der Waals surface area contributed by atoms with Crippen LogP contribution in [0.4, 0.5) is 5.69 Å². The fraction of sp³-hybridized carbons (Fsp3) is 0.667. The zero-order valence-corrected chi connectivity index (χ0v) is 19.8. The summed E-state index contributed by atoms with van der Waals surface area (Å²) >= 11 is -2.18. The molecule has 0 aliphatic heterocycles. The third-order valence-electron chi connectivity index (χ3n) is 5.47. The van der Waals surface area contributed by atoms with Gasteiger partial charge in [0.25, 0.3) is 0 Å². The Morgan fingerprint density at radius 3 is 2.15 bits per heavy atom. The number of nitro benzene ring substituents is 1. The molecular weight excluding hydrogens is 461 g/mol. The van der Waals surface area contributed by atoms with Crippen LogP contribution < -0.4 is 0 Å². The Kier molecular flexibility index (Phi) is 6.77. The zero-order chi connectivity index (χ0) is 19.7. The number of nitro groups is 1. The monoisotopic (exact) mass is 491 g/mol. The second kappa shape index (κ2) is 8.14. The van der Waals surface area contributed by atoms with Crippen molar-refractivity contribution in [3.63, 3.8) is 0 Å². The van der Waals surface area contributed by atoms with Crippen LogP contribution in [0.1, 0.15) is 33.1 Å². The van der Waals surface area contributed by atoms with Crippen LogP contribution in [0.15, 0.2) is 29.2 Å². The molecule has 8 heteroatoms. The summed E-state index contributed by atoms with van der Waals surface area (Å²) in [5, 5.41) is 10.7. The SMILES string of the molecule is CC(C)[C@H]1C[C@H](OS(=O)(=O)c2ccc([N+](=O)[O-])cc2)C[C@H]([Sn]([CH3])([CH3])[CH3])C1. The van der Waals surface area contributed by atoms with Crippen molar-refractivity contribution < 1.29 is 17.5 Å². The van der Waals surface area contributed by atoms with Crippen LogP contribution in [0.25, 0.3) is 0 Å². The Balaban J connectivity index is 2.19. The molecule has 0 saturated heterocycles. The molecular formula is C18H29NO5SSn. The van der Waals surface area contributed by atoms with E-state index in [9.17, 15) is 18.5 Å². The number of rotatable bonds is 6. The number of hydrogen-bond acceptors (Lipinski definition) is 5. The van der Waals surface area contributed by atoms with Gasteiger partial charge in [0.2, 0.25) is 0 Å². The second-order valence-electron chi connectivity index (χ2n) is 8.70. The number of hydrogen-bond donors (Lipinski definition) is 0. The van der Waals surface area contributed by atoms with Gasteiger partial charge in [0.15, 0.2) is 0 Å². The first-order valence-electron chi connectivity index (χ1n) is 9.08. The fourth-order valence-corrected chi connectivity index (χ4v) is 10.4. The molecule has 0 N–H and O–H groups in total. The van der Waals surface area contributed by atoms with Crippen molar-refractivity contribution >= 4 is 34.2 Å². The zero-order valence-electron chi connectivity index (χ0n) is 16.1. The van der Waals surface area contributed by atoms with Crippen LogP contribution in [0.5, 0.6) is 0 Å². The van der Waals surface area contributed by atoms with Crippen molar-refractivity contribution in [3.8, 4) is 0 Å². The maximum absolute atomic E-state index is 12.6. The average Bonchev–Trinajstić information content (AvgIpc) is 2.53. The fourth-order valence-electron chi connectivity index (χ4n) is 3.61. The van der Waals surface area contributed by atoms with Gasteiger partial charge in [-0.2, -0.15) is 0 Å². The summed E-state index contributed by atoms with van der Waals surface area (Å²) in [7, 11) is -3.92. The average molecular weight is 490 g/mol. The molecule has 0 aromatic heterocycles. The van der Waals surface area contributed by atoms with Gasteiger partial charge in [-0.05, 0) is 0 Å². The van der Waals surface area contributed by atoms with Gasteiger partial charge in [0.1, 0.15) is 0 Å². The molecule has 146 valence electrons. The van der Waals surface area contributed by atoms with E-state index in [-0.39, 0.29) is 16.7 Å². The van der Waals surface area contributed by atoms with E-state index in [0.29, 0.717) is 15.8 Å². The van der Waals surface area contributed by atoms with Crippen molar-refractivity contribution in [2.75, 3.05) is 0 Å². The molecule has 3 atom stereocenters. The van der Waals surface area contributed by atoms with E-state index < -0.39 is 33.4 Å². The number of nitrogens with zero attached hydrogens (tertiary/aromatic N) is 1. The van der Waals surface area contributed by atoms with Gasteiger partial charge < -0.3 is 0 Å². The molecule has 0 spiro atoms. The normalized spacial score (nSPS) is 24.6. The van der Waals surface area contributed by atoms with Crippen LogP contribution in [-0.2, 0) is 14.3 Å². The summed E-state index contributed by atoms with van der Waals surface area (Å²) in [6.45, 7) is 4.38. The minimum atomic E-state index is -3.92. The molecule has 1 fully saturated rings. The summed E-state index contributed by atoms with van der Waals surface area (Å²) in [6, 6.07) is 4.89. The third kappa shape index (κ3) is 5.42. The topological polar surface area (TPSA) is 86.5 Å². The van der Waals surface area contributed by atoms with E-state index in [4.69, 9.17) is 4.18 Å². The Morgan fingerprint density at radius 1 is 1.12 bits per heavy atom. The Hall–Kier alpha value is -0.671. The summed E-state index contributed by atoms with van der Waals surface area (Å²) < 4.78 is 31.5. The van der Waals surface area contributed by atoms with E-state index in [1.165, 1.54) is 30.7 Å². The van der Waals surface area contributed by atoms with Crippen LogP contribution in [-0.4, -0.2) is 37.8 Å². The predicted molar refractivity (Wildman–Crippen MR) is 104 cm³/mol. The van der Waals surface area contributed by atoms with Crippen LogP contribution in [0.2, 0.25) is 18.8 Å². The molecule has 0 bridgehead atoms. The van der Waals surface area contributed by atoms with E-state index in [1.807, 2.05) is 0 Å². The number of benzene rings is 1. The maximum atomic E-state index is 12.6. The molecule has 1 aliphatic rings. The standard InChI is InChI=1S/C15H20NO5S.3CH3.Sn/c1-11(2)12-4-3-5-14(10-12)21-22(19,20)15-8-6-13(7-9-15)16(17)18;;;;/h3,6-9,11-12,14H,4-5,10H2,1-2H3;3*1H3;/t12-,14-;;;;/m1..../s1. The molecule has 2 rings (SSSR count). The molecule has 1 aromatic rings. The molecule has 26 heavy (non-hydrogen) atoms. The van der Waals surface area contributed by atoms with Gasteiger partial charge in [0.05, 0.1) is 0 Å². The van der Waals surface area contributed by atoms with Crippen LogP contribution >= 0.6 is 0 Å². The Bertz CT molecular complexity index is 740. The van der Waals surface area contributed by atoms with E-state index in [0.717, 1.165) is 12.8 Å². The van der Waals surface area contributed by atoms with Crippen LogP contribution in [0.3, 0.4) is 0 Å². The molecule has 6 nitrogen and oxygen atoms in total. The van der Waals surface area contributed by atoms with Gasteiger partial charge >= 0.3 is 161 Å². The molecule has 0 heterocycles. The Labute approximate surface area is 160 Å². The van der Waals surface area contributed by atoms with Gasteiger partial charge in [-0.15, -0.1) is 0 Å². The molecule has 1 aliphatic carbocycles. The minimum absolute atomic E-state index is 0.0226. The summed E-state index contributed by atoms with van der Waals surface area (Å²) in [6.07, 6.45) is 2.42. The molecule has 0 amide bonds. The van der Waals surface area contributed by atoms with Crippen molar-refractivity contribution in [1.82, 2.24) is 0 Å². The summed E-state index contributed by atoms with van der Waals surface area (Å²) in [5.41, 5.74) is -0.136. The van der Waals surface area contributed by atoms with E-state index in [1.54, 1.807) is 0 Å². The second-order valence-corrected chi connectivity index (χ2v) is 26.1. The van der Waals surface area contributed by atoms with Gasteiger partial charge in [-0.1, -0.05) is 0 Å². The van der Waals surface area contributed by atoms with Crippen molar-refractivity contribution in [3.05, 3.63) is 34.4 Å². The summed E-state index contributed by atoms with van der Waals surface area (Å²) in [4.78, 5) is 17.3. The van der Waals surface area contributed by atoms with Crippen LogP contribution in [0, 0.1) is 22.0 Å². The quantitative estimate of drug-likeness (QED) is 0.247. The summed E-state index contributed by atoms with van der Waals surface area (Å²) in [5.74, 6) is 0.973. The Morgan fingerprint density at radius 2 is 1.69 bits per heavy atom. The van der Waals surface area contributed by atoms with E-state index >= 15 is 0 Å². The van der Waals surface area contributed by atoms with Crippen molar-refractivity contribution in [2.24, 2.45) is 11.8 Å². The first kappa shape index (κ1) is 21.6. The molecule has 1 aromatic carbocycles. The van der Waals surface area contributed by atoms with E-state index in [2.05, 4.69) is 28.7 Å². The molecule has 0 unspecified atom stereocenters. The van der Waals surface area contributed by atoms with Gasteiger partial charge in [-0.3, -0.25) is 0 Å². The predicted octanol–water partition coefficient (Wildman–Crippen LogP) is 4.83. The first-order valence-corrected chi connectivity index (χ1v) is 20.7. The van der Waals surface area contributed by atoms with Crippen molar-refractivity contribution in [2.45, 2.75) is 62.9 Å². The first-order chi connectivity index (χ1) is 11.9. The molecule has 0 radical (unpaired) electrons. The van der Waals surface area contributed by atoms with Gasteiger partial charge in [-0.25, -0.2) is 0 Å². The number of non-ortho nitro benzene ring substituents is 1. The van der Waals surface area contributed by atoms with Gasteiger partial charge in [0, 0.05) is 0 Å². The van der Waals surface area contributed by atoms with Crippen molar-refractivity contribution in [1.29, 1.82) is 0 Å². The third-order valence-corrected chi connectivity index (χ3v) is 15.2.